The zero-order valence-corrected chi connectivity index (χ0v) is 10.1. The van der Waals surface area contributed by atoms with Gasteiger partial charge in [0, 0.05) is 19.1 Å². The second-order valence-corrected chi connectivity index (χ2v) is 4.71. The molecule has 0 saturated carbocycles. The highest BCUT2D eigenvalue weighted by Gasteiger charge is 2.23. The molecule has 2 aromatic heterocycles. The Kier molecular flexibility index (Phi) is 2.76. The van der Waals surface area contributed by atoms with Crippen LogP contribution in [-0.4, -0.2) is 39.6 Å². The summed E-state index contributed by atoms with van der Waals surface area (Å²) in [4.78, 5) is 14.3. The lowest BCUT2D eigenvalue weighted by molar-refractivity contribution is 0.0706. The van der Waals surface area contributed by atoms with Crippen LogP contribution in [0.3, 0.4) is 0 Å². The first-order valence-electron chi connectivity index (χ1n) is 6.23. The van der Waals surface area contributed by atoms with Gasteiger partial charge in [-0.1, -0.05) is 6.07 Å². The normalized spacial score (nSPS) is 17.3. The summed E-state index contributed by atoms with van der Waals surface area (Å²) in [5.74, 6) is 0.0381. The van der Waals surface area contributed by atoms with Crippen molar-refractivity contribution in [3.63, 3.8) is 0 Å². The highest BCUT2D eigenvalue weighted by molar-refractivity contribution is 5.93. The molecule has 0 unspecified atom stereocenters. The van der Waals surface area contributed by atoms with Crippen molar-refractivity contribution in [3.05, 3.63) is 36.2 Å². The molecule has 0 atom stereocenters. The molecule has 0 aromatic carbocycles. The molecule has 94 valence electrons. The van der Waals surface area contributed by atoms with Crippen molar-refractivity contribution in [2.75, 3.05) is 13.1 Å². The second-order valence-electron chi connectivity index (χ2n) is 4.71. The third-order valence-electron chi connectivity index (χ3n) is 3.47. The first-order chi connectivity index (χ1) is 8.75. The van der Waals surface area contributed by atoms with E-state index in [-0.39, 0.29) is 11.9 Å². The number of amides is 1. The van der Waals surface area contributed by atoms with Crippen LogP contribution in [0.5, 0.6) is 0 Å². The number of pyridine rings is 1. The smallest absolute Gasteiger partial charge is 0.272 e. The maximum absolute atomic E-state index is 12.4. The van der Waals surface area contributed by atoms with E-state index in [4.69, 9.17) is 5.73 Å². The zero-order chi connectivity index (χ0) is 12.5. The van der Waals surface area contributed by atoms with E-state index in [0.717, 1.165) is 31.4 Å². The summed E-state index contributed by atoms with van der Waals surface area (Å²) < 4.78 is 1.69. The number of nitrogens with zero attached hydrogens (tertiary/aromatic N) is 3. The Balaban J connectivity index is 1.90. The predicted octanol–water partition coefficient (Wildman–Crippen LogP) is 0.898. The average Bonchev–Trinajstić information content (AvgIpc) is 2.87. The number of rotatable bonds is 1. The number of carbonyl (C=O) groups excluding carboxylic acids is 1. The molecular formula is C13H16N4O. The lowest BCUT2D eigenvalue weighted by Crippen LogP contribution is -2.43. The summed E-state index contributed by atoms with van der Waals surface area (Å²) in [5.41, 5.74) is 7.41. The summed E-state index contributed by atoms with van der Waals surface area (Å²) in [6.07, 6.45) is 3.46. The van der Waals surface area contributed by atoms with Gasteiger partial charge in [0.05, 0.1) is 11.7 Å². The number of nitrogens with two attached hydrogens (primary N) is 1. The SMILES string of the molecule is NC1CCN(C(=O)c2cccc3ccnn23)CC1. The van der Waals surface area contributed by atoms with Gasteiger partial charge in [-0.2, -0.15) is 5.10 Å². The number of hydrogen-bond donors (Lipinski definition) is 1. The van der Waals surface area contributed by atoms with Crippen LogP contribution in [0.25, 0.3) is 5.52 Å². The fraction of sp³-hybridized carbons (Fsp3) is 0.385. The quantitative estimate of drug-likeness (QED) is 0.810. The number of hydrogen-bond acceptors (Lipinski definition) is 3. The molecule has 3 heterocycles. The van der Waals surface area contributed by atoms with Gasteiger partial charge in [0.1, 0.15) is 5.69 Å². The molecule has 1 amide bonds. The summed E-state index contributed by atoms with van der Waals surface area (Å²) in [6, 6.07) is 7.77. The van der Waals surface area contributed by atoms with E-state index in [0.29, 0.717) is 5.69 Å². The number of piperidine rings is 1. The van der Waals surface area contributed by atoms with Crippen molar-refractivity contribution in [3.8, 4) is 0 Å². The first-order valence-corrected chi connectivity index (χ1v) is 6.23. The van der Waals surface area contributed by atoms with E-state index in [1.54, 1.807) is 10.7 Å². The Hall–Kier alpha value is -1.88. The number of fused-ring (bicyclic) bond motifs is 1. The molecule has 1 fully saturated rings. The standard InChI is InChI=1S/C13H16N4O/c14-10-5-8-16(9-6-10)13(18)12-3-1-2-11-4-7-15-17(11)12/h1-4,7,10H,5-6,8-9,14H2. The van der Waals surface area contributed by atoms with E-state index in [1.807, 2.05) is 29.2 Å². The average molecular weight is 244 g/mol. The van der Waals surface area contributed by atoms with Crippen molar-refractivity contribution < 1.29 is 4.79 Å². The molecular weight excluding hydrogens is 228 g/mol. The molecule has 2 N–H and O–H groups in total. The fourth-order valence-electron chi connectivity index (χ4n) is 2.38. The number of carbonyl (C=O) groups is 1. The molecule has 0 radical (unpaired) electrons. The van der Waals surface area contributed by atoms with Crippen molar-refractivity contribution in [2.24, 2.45) is 5.73 Å². The minimum atomic E-state index is 0.0381. The highest BCUT2D eigenvalue weighted by Crippen LogP contribution is 2.14. The van der Waals surface area contributed by atoms with Gasteiger partial charge in [-0.25, -0.2) is 4.52 Å². The number of aromatic nitrogens is 2. The van der Waals surface area contributed by atoms with Gasteiger partial charge >= 0.3 is 0 Å². The lowest BCUT2D eigenvalue weighted by atomic mass is 10.1. The van der Waals surface area contributed by atoms with Crippen LogP contribution in [0.1, 0.15) is 23.3 Å². The van der Waals surface area contributed by atoms with E-state index in [9.17, 15) is 4.79 Å². The van der Waals surface area contributed by atoms with E-state index in [1.165, 1.54) is 0 Å². The van der Waals surface area contributed by atoms with Crippen molar-refractivity contribution in [1.82, 2.24) is 14.5 Å². The van der Waals surface area contributed by atoms with Crippen molar-refractivity contribution in [2.45, 2.75) is 18.9 Å². The monoisotopic (exact) mass is 244 g/mol. The molecule has 2 aromatic rings. The largest absolute Gasteiger partial charge is 0.337 e. The predicted molar refractivity (Wildman–Crippen MR) is 68.3 cm³/mol. The fourth-order valence-corrected chi connectivity index (χ4v) is 2.38. The molecule has 1 aliphatic rings. The van der Waals surface area contributed by atoms with Crippen LogP contribution in [0.2, 0.25) is 0 Å². The maximum atomic E-state index is 12.4. The minimum Gasteiger partial charge on any atom is -0.337 e. The van der Waals surface area contributed by atoms with Gasteiger partial charge < -0.3 is 10.6 Å². The van der Waals surface area contributed by atoms with Gasteiger partial charge in [-0.05, 0) is 31.0 Å². The first kappa shape index (κ1) is 11.2. The van der Waals surface area contributed by atoms with Crippen LogP contribution in [0.4, 0.5) is 0 Å². The molecule has 3 rings (SSSR count). The van der Waals surface area contributed by atoms with E-state index >= 15 is 0 Å². The number of likely N-dealkylation sites (tertiary alicyclic amines) is 1. The van der Waals surface area contributed by atoms with Crippen LogP contribution >= 0.6 is 0 Å². The highest BCUT2D eigenvalue weighted by atomic mass is 16.2. The lowest BCUT2D eigenvalue weighted by Gasteiger charge is -2.30. The van der Waals surface area contributed by atoms with Gasteiger partial charge in [0.25, 0.3) is 5.91 Å². The summed E-state index contributed by atoms with van der Waals surface area (Å²) in [5, 5.41) is 4.19. The van der Waals surface area contributed by atoms with Crippen LogP contribution < -0.4 is 5.73 Å². The molecule has 0 bridgehead atoms. The molecule has 1 saturated heterocycles. The Morgan fingerprint density at radius 2 is 2.06 bits per heavy atom. The Labute approximate surface area is 105 Å². The molecule has 0 spiro atoms. The topological polar surface area (TPSA) is 63.6 Å². The Bertz CT molecular complexity index is 569. The maximum Gasteiger partial charge on any atom is 0.272 e. The molecule has 1 aliphatic heterocycles. The van der Waals surface area contributed by atoms with Gasteiger partial charge in [0.2, 0.25) is 0 Å². The van der Waals surface area contributed by atoms with Crippen LogP contribution in [0.15, 0.2) is 30.5 Å². The third-order valence-corrected chi connectivity index (χ3v) is 3.47. The van der Waals surface area contributed by atoms with Crippen molar-refractivity contribution in [1.29, 1.82) is 0 Å². The van der Waals surface area contributed by atoms with Gasteiger partial charge in [-0.3, -0.25) is 4.79 Å². The summed E-state index contributed by atoms with van der Waals surface area (Å²) >= 11 is 0. The summed E-state index contributed by atoms with van der Waals surface area (Å²) in [7, 11) is 0. The molecule has 5 heteroatoms. The summed E-state index contributed by atoms with van der Waals surface area (Å²) in [6.45, 7) is 1.47. The van der Waals surface area contributed by atoms with Crippen molar-refractivity contribution >= 4 is 11.4 Å². The van der Waals surface area contributed by atoms with E-state index in [2.05, 4.69) is 5.10 Å². The Morgan fingerprint density at radius 3 is 2.83 bits per heavy atom. The van der Waals surface area contributed by atoms with Gasteiger partial charge in [0.15, 0.2) is 0 Å². The van der Waals surface area contributed by atoms with Gasteiger partial charge in [-0.15, -0.1) is 0 Å². The zero-order valence-electron chi connectivity index (χ0n) is 10.1. The molecule has 5 nitrogen and oxygen atoms in total. The molecule has 18 heavy (non-hydrogen) atoms. The molecule has 0 aliphatic carbocycles. The van der Waals surface area contributed by atoms with Crippen LogP contribution in [0, 0.1) is 0 Å². The second kappa shape index (κ2) is 4.42. The Morgan fingerprint density at radius 1 is 1.28 bits per heavy atom. The van der Waals surface area contributed by atoms with Crippen LogP contribution in [-0.2, 0) is 0 Å². The minimum absolute atomic E-state index is 0.0381. The van der Waals surface area contributed by atoms with E-state index < -0.39 is 0 Å². The third kappa shape index (κ3) is 1.86.